The van der Waals surface area contributed by atoms with Crippen molar-refractivity contribution in [1.82, 2.24) is 25.0 Å². The summed E-state index contributed by atoms with van der Waals surface area (Å²) in [7, 11) is 1.92. The van der Waals surface area contributed by atoms with Gasteiger partial charge >= 0.3 is 5.97 Å². The van der Waals surface area contributed by atoms with Crippen LogP contribution >= 0.6 is 0 Å². The average Bonchev–Trinajstić information content (AvgIpc) is 3.09. The van der Waals surface area contributed by atoms with Gasteiger partial charge < -0.3 is 9.30 Å². The van der Waals surface area contributed by atoms with E-state index < -0.39 is 5.97 Å². The maximum Gasteiger partial charge on any atom is 0.359 e. The molecule has 118 valence electrons. The molecule has 1 aromatic carbocycles. The fourth-order valence-corrected chi connectivity index (χ4v) is 2.84. The summed E-state index contributed by atoms with van der Waals surface area (Å²) in [5, 5.41) is 16.0. The first-order valence-corrected chi connectivity index (χ1v) is 7.72. The molecule has 4 rings (SSSR count). The van der Waals surface area contributed by atoms with Crippen LogP contribution in [0, 0.1) is 0 Å². The molecule has 3 aromatic rings. The van der Waals surface area contributed by atoms with Gasteiger partial charge in [0.15, 0.2) is 18.1 Å². The molecular weight excluding hydrogens is 294 g/mol. The summed E-state index contributed by atoms with van der Waals surface area (Å²) in [4.78, 5) is 12.3. The molecule has 1 fully saturated rings. The number of ether oxygens (including phenoxy) is 1. The first-order valence-electron chi connectivity index (χ1n) is 7.72. The summed E-state index contributed by atoms with van der Waals surface area (Å²) in [6, 6.07) is 7.46. The Morgan fingerprint density at radius 1 is 1.35 bits per heavy atom. The van der Waals surface area contributed by atoms with Crippen molar-refractivity contribution in [3.05, 3.63) is 41.6 Å². The van der Waals surface area contributed by atoms with Crippen LogP contribution in [0.3, 0.4) is 0 Å². The number of nitrogens with one attached hydrogen (secondary N) is 1. The second-order valence-corrected chi connectivity index (χ2v) is 5.86. The number of aromatic amines is 1. The lowest BCUT2D eigenvalue weighted by atomic mass is 9.85. The summed E-state index contributed by atoms with van der Waals surface area (Å²) in [5.41, 5.74) is 1.10. The Hall–Kier alpha value is -2.70. The molecule has 0 bridgehead atoms. The van der Waals surface area contributed by atoms with Crippen LogP contribution in [-0.4, -0.2) is 30.9 Å². The zero-order valence-electron chi connectivity index (χ0n) is 12.8. The van der Waals surface area contributed by atoms with Gasteiger partial charge in [0.25, 0.3) is 0 Å². The highest BCUT2D eigenvalue weighted by Crippen LogP contribution is 2.35. The lowest BCUT2D eigenvalue weighted by Gasteiger charge is -2.24. The summed E-state index contributed by atoms with van der Waals surface area (Å²) in [6.07, 6.45) is 3.56. The van der Waals surface area contributed by atoms with E-state index in [1.165, 1.54) is 6.42 Å². The third-order valence-electron chi connectivity index (χ3n) is 4.47. The minimum Gasteiger partial charge on any atom is -0.453 e. The second kappa shape index (κ2) is 5.49. The van der Waals surface area contributed by atoms with Crippen molar-refractivity contribution in [1.29, 1.82) is 0 Å². The largest absolute Gasteiger partial charge is 0.453 e. The van der Waals surface area contributed by atoms with E-state index in [-0.39, 0.29) is 6.61 Å². The zero-order chi connectivity index (χ0) is 15.8. The van der Waals surface area contributed by atoms with E-state index >= 15 is 0 Å². The standard InChI is InChI=1S/C16H17N5O2/c1-21-13(18-20-15(21)10-5-4-6-10)9-23-16(22)14-11-7-2-3-8-12(11)17-19-14/h2-3,7-8,10H,4-6,9H2,1H3,(H,17,19). The molecule has 23 heavy (non-hydrogen) atoms. The quantitative estimate of drug-likeness (QED) is 0.747. The van der Waals surface area contributed by atoms with Crippen LogP contribution in [0.5, 0.6) is 0 Å². The average molecular weight is 311 g/mol. The molecule has 7 heteroatoms. The normalized spacial score (nSPS) is 14.8. The molecular formula is C16H17N5O2. The summed E-state index contributed by atoms with van der Waals surface area (Å²) in [6.45, 7) is 0.0935. The van der Waals surface area contributed by atoms with E-state index in [1.54, 1.807) is 0 Å². The van der Waals surface area contributed by atoms with Gasteiger partial charge in [-0.25, -0.2) is 4.79 Å². The molecule has 0 spiro atoms. The second-order valence-electron chi connectivity index (χ2n) is 5.86. The third kappa shape index (κ3) is 2.38. The molecule has 7 nitrogen and oxygen atoms in total. The fraction of sp³-hybridized carbons (Fsp3) is 0.375. The van der Waals surface area contributed by atoms with Crippen LogP contribution in [-0.2, 0) is 18.4 Å². The molecule has 0 radical (unpaired) electrons. The monoisotopic (exact) mass is 311 g/mol. The van der Waals surface area contributed by atoms with E-state index in [4.69, 9.17) is 4.74 Å². The molecule has 2 aromatic heterocycles. The number of carbonyl (C=O) groups is 1. The van der Waals surface area contributed by atoms with Crippen LogP contribution in [0.4, 0.5) is 0 Å². The van der Waals surface area contributed by atoms with Crippen molar-refractivity contribution < 1.29 is 9.53 Å². The highest BCUT2D eigenvalue weighted by molar-refractivity contribution is 6.01. The fourth-order valence-electron chi connectivity index (χ4n) is 2.84. The topological polar surface area (TPSA) is 85.7 Å². The van der Waals surface area contributed by atoms with Gasteiger partial charge in [0.1, 0.15) is 5.82 Å². The molecule has 0 amide bonds. The summed E-state index contributed by atoms with van der Waals surface area (Å²) < 4.78 is 7.29. The highest BCUT2D eigenvalue weighted by atomic mass is 16.5. The Morgan fingerprint density at radius 2 is 2.17 bits per heavy atom. The zero-order valence-corrected chi connectivity index (χ0v) is 12.8. The van der Waals surface area contributed by atoms with Crippen LogP contribution in [0.1, 0.15) is 47.3 Å². The van der Waals surface area contributed by atoms with Gasteiger partial charge in [-0.1, -0.05) is 24.6 Å². The molecule has 1 N–H and O–H groups in total. The number of esters is 1. The number of hydrogen-bond donors (Lipinski definition) is 1. The van der Waals surface area contributed by atoms with Gasteiger partial charge in [0.05, 0.1) is 5.52 Å². The number of carbonyl (C=O) groups excluding carboxylic acids is 1. The van der Waals surface area contributed by atoms with Gasteiger partial charge in [-0.2, -0.15) is 5.10 Å². The number of aromatic nitrogens is 5. The molecule has 2 heterocycles. The number of para-hydroxylation sites is 1. The minimum atomic E-state index is -0.462. The predicted octanol–water partition coefficient (Wildman–Crippen LogP) is 2.32. The van der Waals surface area contributed by atoms with Crippen molar-refractivity contribution in [2.45, 2.75) is 31.8 Å². The number of rotatable bonds is 4. The highest BCUT2D eigenvalue weighted by Gasteiger charge is 2.25. The van der Waals surface area contributed by atoms with Crippen LogP contribution in [0.25, 0.3) is 10.9 Å². The predicted molar refractivity (Wildman–Crippen MR) is 82.8 cm³/mol. The first kappa shape index (κ1) is 13.9. The minimum absolute atomic E-state index is 0.0935. The van der Waals surface area contributed by atoms with Gasteiger partial charge in [0, 0.05) is 18.4 Å². The Morgan fingerprint density at radius 3 is 2.96 bits per heavy atom. The number of benzene rings is 1. The number of H-pyrrole nitrogens is 1. The lowest BCUT2D eigenvalue weighted by molar-refractivity contribution is 0.0453. The lowest BCUT2D eigenvalue weighted by Crippen LogP contribution is -2.15. The van der Waals surface area contributed by atoms with Gasteiger partial charge in [-0.15, -0.1) is 10.2 Å². The Kier molecular flexibility index (Phi) is 3.33. The van der Waals surface area contributed by atoms with Gasteiger partial charge in [-0.05, 0) is 18.9 Å². The molecule has 0 unspecified atom stereocenters. The van der Waals surface area contributed by atoms with Crippen molar-refractivity contribution in [3.63, 3.8) is 0 Å². The number of fused-ring (bicyclic) bond motifs is 1. The van der Waals surface area contributed by atoms with E-state index in [0.717, 1.165) is 29.6 Å². The molecule has 1 aliphatic carbocycles. The van der Waals surface area contributed by atoms with Crippen molar-refractivity contribution >= 4 is 16.9 Å². The molecule has 1 aliphatic rings. The van der Waals surface area contributed by atoms with Crippen LogP contribution in [0.2, 0.25) is 0 Å². The summed E-state index contributed by atoms with van der Waals surface area (Å²) >= 11 is 0. The number of nitrogens with zero attached hydrogens (tertiary/aromatic N) is 4. The Labute approximate surface area is 132 Å². The van der Waals surface area contributed by atoms with Gasteiger partial charge in [0.2, 0.25) is 0 Å². The molecule has 0 aliphatic heterocycles. The molecule has 1 saturated carbocycles. The van der Waals surface area contributed by atoms with Crippen molar-refractivity contribution in [2.24, 2.45) is 7.05 Å². The third-order valence-corrected chi connectivity index (χ3v) is 4.47. The SMILES string of the molecule is Cn1c(COC(=O)c2n[nH]c3ccccc23)nnc1C1CCC1. The van der Waals surface area contributed by atoms with Crippen LogP contribution < -0.4 is 0 Å². The maximum absolute atomic E-state index is 12.3. The Balaban J connectivity index is 1.48. The maximum atomic E-state index is 12.3. The van der Waals surface area contributed by atoms with Crippen molar-refractivity contribution in [3.8, 4) is 0 Å². The van der Waals surface area contributed by atoms with Crippen molar-refractivity contribution in [2.75, 3.05) is 0 Å². The van der Waals surface area contributed by atoms with E-state index in [0.29, 0.717) is 17.4 Å². The number of hydrogen-bond acceptors (Lipinski definition) is 5. The Bertz CT molecular complexity index is 862. The van der Waals surface area contributed by atoms with E-state index in [1.807, 2.05) is 35.9 Å². The van der Waals surface area contributed by atoms with E-state index in [9.17, 15) is 4.79 Å². The van der Waals surface area contributed by atoms with Crippen LogP contribution in [0.15, 0.2) is 24.3 Å². The molecule has 0 saturated heterocycles. The van der Waals surface area contributed by atoms with Gasteiger partial charge in [-0.3, -0.25) is 5.10 Å². The smallest absolute Gasteiger partial charge is 0.359 e. The molecule has 0 atom stereocenters. The summed E-state index contributed by atoms with van der Waals surface area (Å²) in [5.74, 6) is 1.66. The van der Waals surface area contributed by atoms with E-state index in [2.05, 4.69) is 20.4 Å². The first-order chi connectivity index (χ1) is 11.2.